The van der Waals surface area contributed by atoms with Crippen LogP contribution in [0.15, 0.2) is 30.3 Å². The predicted molar refractivity (Wildman–Crippen MR) is 76.3 cm³/mol. The van der Waals surface area contributed by atoms with Crippen molar-refractivity contribution in [2.75, 3.05) is 19.8 Å². The molecule has 0 saturated carbocycles. The molecule has 114 valence electrons. The molecule has 3 N–H and O–H groups in total. The number of carbonyl (C=O) groups excluding carboxylic acids is 2. The van der Waals surface area contributed by atoms with Crippen LogP contribution in [0, 0.1) is 0 Å². The Morgan fingerprint density at radius 2 is 1.71 bits per heavy atom. The summed E-state index contributed by atoms with van der Waals surface area (Å²) in [5.74, 6) is -1.43. The summed E-state index contributed by atoms with van der Waals surface area (Å²) in [5, 5.41) is 15.2. The standard InChI is InChI=1S/C15H20N2O4/c18-13(16-10-12-4-2-1-3-5-12)14(19)17-11-15(20)6-8-21-9-7-15/h1-5,20H,6-11H2,(H,16,18)(H,17,19). The number of amides is 2. The Kier molecular flexibility index (Phi) is 5.30. The first-order valence-electron chi connectivity index (χ1n) is 6.99. The zero-order valence-electron chi connectivity index (χ0n) is 11.8. The summed E-state index contributed by atoms with van der Waals surface area (Å²) in [6.45, 7) is 1.29. The smallest absolute Gasteiger partial charge is 0.309 e. The number of rotatable bonds is 4. The summed E-state index contributed by atoms with van der Waals surface area (Å²) in [7, 11) is 0. The van der Waals surface area contributed by atoms with E-state index in [1.165, 1.54) is 0 Å². The fourth-order valence-electron chi connectivity index (χ4n) is 2.11. The minimum atomic E-state index is -0.979. The van der Waals surface area contributed by atoms with Gasteiger partial charge in [0.2, 0.25) is 0 Å². The van der Waals surface area contributed by atoms with Crippen LogP contribution in [-0.4, -0.2) is 42.3 Å². The van der Waals surface area contributed by atoms with Crippen molar-refractivity contribution in [1.29, 1.82) is 0 Å². The van der Waals surface area contributed by atoms with E-state index in [1.807, 2.05) is 30.3 Å². The second kappa shape index (κ2) is 7.19. The maximum absolute atomic E-state index is 11.7. The van der Waals surface area contributed by atoms with Gasteiger partial charge in [-0.3, -0.25) is 9.59 Å². The van der Waals surface area contributed by atoms with Crippen LogP contribution in [-0.2, 0) is 20.9 Å². The SMILES string of the molecule is O=C(NCc1ccccc1)C(=O)NCC1(O)CCOCC1. The summed E-state index contributed by atoms with van der Waals surface area (Å²) in [6.07, 6.45) is 0.915. The summed E-state index contributed by atoms with van der Waals surface area (Å²) in [6, 6.07) is 9.34. The zero-order chi connectivity index (χ0) is 15.1. The first-order chi connectivity index (χ1) is 10.1. The van der Waals surface area contributed by atoms with Crippen molar-refractivity contribution in [1.82, 2.24) is 10.6 Å². The number of ether oxygens (including phenoxy) is 1. The minimum Gasteiger partial charge on any atom is -0.388 e. The normalized spacial score (nSPS) is 17.0. The van der Waals surface area contributed by atoms with Crippen LogP contribution in [0.5, 0.6) is 0 Å². The maximum Gasteiger partial charge on any atom is 0.309 e. The average Bonchev–Trinajstić information content (AvgIpc) is 2.52. The van der Waals surface area contributed by atoms with Gasteiger partial charge in [-0.2, -0.15) is 0 Å². The highest BCUT2D eigenvalue weighted by molar-refractivity contribution is 6.35. The quantitative estimate of drug-likeness (QED) is 0.680. The fourth-order valence-corrected chi connectivity index (χ4v) is 2.11. The number of hydrogen-bond donors (Lipinski definition) is 3. The second-order valence-electron chi connectivity index (χ2n) is 5.19. The van der Waals surface area contributed by atoms with Crippen molar-refractivity contribution >= 4 is 11.8 Å². The largest absolute Gasteiger partial charge is 0.388 e. The molecule has 1 aliphatic heterocycles. The van der Waals surface area contributed by atoms with Crippen LogP contribution in [0.2, 0.25) is 0 Å². The van der Waals surface area contributed by atoms with Crippen molar-refractivity contribution in [3.8, 4) is 0 Å². The molecule has 21 heavy (non-hydrogen) atoms. The molecular weight excluding hydrogens is 272 g/mol. The van der Waals surface area contributed by atoms with E-state index >= 15 is 0 Å². The number of nitrogens with one attached hydrogen (secondary N) is 2. The van der Waals surface area contributed by atoms with Crippen LogP contribution in [0.25, 0.3) is 0 Å². The summed E-state index contributed by atoms with van der Waals surface area (Å²) >= 11 is 0. The van der Waals surface area contributed by atoms with Gasteiger partial charge in [0.15, 0.2) is 0 Å². The van der Waals surface area contributed by atoms with E-state index in [1.54, 1.807) is 0 Å². The van der Waals surface area contributed by atoms with E-state index in [0.717, 1.165) is 5.56 Å². The van der Waals surface area contributed by atoms with Crippen molar-refractivity contribution in [3.63, 3.8) is 0 Å². The van der Waals surface area contributed by atoms with Crippen molar-refractivity contribution in [2.45, 2.75) is 25.0 Å². The van der Waals surface area contributed by atoms with Gasteiger partial charge in [-0.1, -0.05) is 30.3 Å². The molecule has 0 radical (unpaired) electrons. The third-order valence-corrected chi connectivity index (χ3v) is 3.50. The van der Waals surface area contributed by atoms with E-state index in [4.69, 9.17) is 4.74 Å². The van der Waals surface area contributed by atoms with Crippen LogP contribution in [0.1, 0.15) is 18.4 Å². The highest BCUT2D eigenvalue weighted by Gasteiger charge is 2.30. The van der Waals surface area contributed by atoms with E-state index in [0.29, 0.717) is 32.6 Å². The Hall–Kier alpha value is -1.92. The predicted octanol–water partition coefficient (Wildman–Crippen LogP) is -0.0395. The molecule has 0 spiro atoms. The van der Waals surface area contributed by atoms with Crippen molar-refractivity contribution in [3.05, 3.63) is 35.9 Å². The van der Waals surface area contributed by atoms with Crippen LogP contribution in [0.4, 0.5) is 0 Å². The Balaban J connectivity index is 1.73. The maximum atomic E-state index is 11.7. The molecule has 1 heterocycles. The van der Waals surface area contributed by atoms with Gasteiger partial charge in [0.05, 0.1) is 5.60 Å². The van der Waals surface area contributed by atoms with Gasteiger partial charge >= 0.3 is 11.8 Å². The van der Waals surface area contributed by atoms with Gasteiger partial charge in [-0.05, 0) is 5.56 Å². The highest BCUT2D eigenvalue weighted by Crippen LogP contribution is 2.19. The number of aliphatic hydroxyl groups is 1. The molecule has 0 aromatic heterocycles. The monoisotopic (exact) mass is 292 g/mol. The van der Waals surface area contributed by atoms with Crippen molar-refractivity contribution in [2.24, 2.45) is 0 Å². The first kappa shape index (κ1) is 15.5. The number of carbonyl (C=O) groups is 2. The zero-order valence-corrected chi connectivity index (χ0v) is 11.8. The van der Waals surface area contributed by atoms with Gasteiger partial charge < -0.3 is 20.5 Å². The Bertz CT molecular complexity index is 484. The van der Waals surface area contributed by atoms with Gasteiger partial charge in [-0.15, -0.1) is 0 Å². The van der Waals surface area contributed by atoms with E-state index in [9.17, 15) is 14.7 Å². The van der Waals surface area contributed by atoms with Crippen LogP contribution in [0.3, 0.4) is 0 Å². The molecule has 1 aromatic rings. The number of benzene rings is 1. The molecule has 6 nitrogen and oxygen atoms in total. The van der Waals surface area contributed by atoms with Gasteiger partial charge in [0.25, 0.3) is 0 Å². The first-order valence-corrected chi connectivity index (χ1v) is 6.99. The molecule has 1 aromatic carbocycles. The van der Waals surface area contributed by atoms with Gasteiger partial charge in [-0.25, -0.2) is 0 Å². The molecule has 1 fully saturated rings. The molecule has 1 aliphatic rings. The summed E-state index contributed by atoms with van der Waals surface area (Å²) < 4.78 is 5.15. The van der Waals surface area contributed by atoms with E-state index < -0.39 is 17.4 Å². The summed E-state index contributed by atoms with van der Waals surface area (Å²) in [4.78, 5) is 23.3. The number of hydrogen-bond acceptors (Lipinski definition) is 4. The van der Waals surface area contributed by atoms with Crippen molar-refractivity contribution < 1.29 is 19.4 Å². The third kappa shape index (κ3) is 4.84. The van der Waals surface area contributed by atoms with E-state index in [2.05, 4.69) is 10.6 Å². The average molecular weight is 292 g/mol. The third-order valence-electron chi connectivity index (χ3n) is 3.50. The topological polar surface area (TPSA) is 87.7 Å². The minimum absolute atomic E-state index is 0.0634. The lowest BCUT2D eigenvalue weighted by Gasteiger charge is -2.31. The second-order valence-corrected chi connectivity index (χ2v) is 5.19. The lowest BCUT2D eigenvalue weighted by molar-refractivity contribution is -0.140. The Morgan fingerprint density at radius 1 is 1.10 bits per heavy atom. The Labute approximate surface area is 123 Å². The Morgan fingerprint density at radius 3 is 2.38 bits per heavy atom. The molecular formula is C15H20N2O4. The molecule has 0 atom stereocenters. The highest BCUT2D eigenvalue weighted by atomic mass is 16.5. The molecule has 0 unspecified atom stereocenters. The molecule has 2 rings (SSSR count). The van der Waals surface area contributed by atoms with Crippen LogP contribution < -0.4 is 10.6 Å². The molecule has 0 aliphatic carbocycles. The van der Waals surface area contributed by atoms with Crippen LogP contribution >= 0.6 is 0 Å². The summed E-state index contributed by atoms with van der Waals surface area (Å²) in [5.41, 5.74) is -0.0603. The molecule has 0 bridgehead atoms. The molecule has 6 heteroatoms. The molecule has 1 saturated heterocycles. The molecule has 2 amide bonds. The lowest BCUT2D eigenvalue weighted by Crippen LogP contribution is -2.49. The van der Waals surface area contributed by atoms with E-state index in [-0.39, 0.29) is 6.54 Å². The lowest BCUT2D eigenvalue weighted by atomic mass is 9.94. The van der Waals surface area contributed by atoms with Gasteiger partial charge in [0.1, 0.15) is 0 Å². The van der Waals surface area contributed by atoms with Gasteiger partial charge in [0, 0.05) is 39.1 Å². The fraction of sp³-hybridized carbons (Fsp3) is 0.467.